The largest absolute Gasteiger partial charge is 0.416 e. The Morgan fingerprint density at radius 3 is 2.54 bits per heavy atom. The second-order valence-electron chi connectivity index (χ2n) is 5.50. The number of rotatable bonds is 4. The summed E-state index contributed by atoms with van der Waals surface area (Å²) in [6.45, 7) is 0. The van der Waals surface area contributed by atoms with Crippen molar-refractivity contribution in [3.63, 3.8) is 0 Å². The predicted molar refractivity (Wildman–Crippen MR) is 92.6 cm³/mol. The highest BCUT2D eigenvalue weighted by Gasteiger charge is 2.31. The van der Waals surface area contributed by atoms with Crippen LogP contribution in [0.4, 0.5) is 39.4 Å². The maximum atomic E-state index is 13.8. The Morgan fingerprint density at radius 2 is 1.86 bits per heavy atom. The van der Waals surface area contributed by atoms with E-state index in [4.69, 9.17) is 11.6 Å². The number of aromatic nitrogens is 2. The van der Waals surface area contributed by atoms with Crippen LogP contribution in [0.25, 0.3) is 0 Å². The maximum Gasteiger partial charge on any atom is 0.416 e. The van der Waals surface area contributed by atoms with Gasteiger partial charge in [0.1, 0.15) is 11.6 Å². The van der Waals surface area contributed by atoms with Crippen LogP contribution in [0.15, 0.2) is 42.6 Å². The van der Waals surface area contributed by atoms with Crippen LogP contribution in [0.3, 0.4) is 0 Å². The molecule has 0 aliphatic heterocycles. The number of halogens is 6. The molecule has 0 radical (unpaired) electrons. The highest BCUT2D eigenvalue weighted by Crippen LogP contribution is 2.32. The lowest BCUT2D eigenvalue weighted by atomic mass is 10.2. The molecule has 5 nitrogen and oxygen atoms in total. The van der Waals surface area contributed by atoms with Gasteiger partial charge in [-0.1, -0.05) is 17.7 Å². The third kappa shape index (κ3) is 4.22. The lowest BCUT2D eigenvalue weighted by molar-refractivity contribution is -0.137. The Balaban J connectivity index is 1.77. The summed E-state index contributed by atoms with van der Waals surface area (Å²) >= 11 is 5.79. The van der Waals surface area contributed by atoms with Crippen LogP contribution in [-0.4, -0.2) is 15.9 Å². The molecule has 11 heteroatoms. The first-order valence-corrected chi connectivity index (χ1v) is 7.97. The molecule has 0 aliphatic rings. The van der Waals surface area contributed by atoms with Crippen molar-refractivity contribution in [2.75, 3.05) is 10.6 Å². The van der Waals surface area contributed by atoms with Crippen LogP contribution in [0, 0.1) is 11.6 Å². The molecule has 0 fully saturated rings. The van der Waals surface area contributed by atoms with Gasteiger partial charge in [0, 0.05) is 6.20 Å². The minimum atomic E-state index is -4.64. The molecule has 0 unspecified atom stereocenters. The highest BCUT2D eigenvalue weighted by molar-refractivity contribution is 6.34. The SMILES string of the molecule is O=C(Nc1nc(Nc2cc(C(F)(F)F)ccc2F)c[nH]1)c1c(F)cccc1Cl. The number of nitrogens with zero attached hydrogens (tertiary/aromatic N) is 1. The summed E-state index contributed by atoms with van der Waals surface area (Å²) in [7, 11) is 0. The normalized spacial score (nSPS) is 11.4. The fraction of sp³-hybridized carbons (Fsp3) is 0.0588. The molecule has 1 heterocycles. The summed E-state index contributed by atoms with van der Waals surface area (Å²) in [5.41, 5.74) is -1.91. The molecule has 1 amide bonds. The van der Waals surface area contributed by atoms with Crippen LogP contribution in [-0.2, 0) is 6.18 Å². The number of benzene rings is 2. The van der Waals surface area contributed by atoms with Crippen molar-refractivity contribution in [2.24, 2.45) is 0 Å². The first kappa shape index (κ1) is 19.6. The lowest BCUT2D eigenvalue weighted by Crippen LogP contribution is -2.15. The zero-order chi connectivity index (χ0) is 20.5. The Bertz CT molecular complexity index is 1010. The van der Waals surface area contributed by atoms with Crippen molar-refractivity contribution in [1.82, 2.24) is 9.97 Å². The van der Waals surface area contributed by atoms with Crippen LogP contribution >= 0.6 is 11.6 Å². The van der Waals surface area contributed by atoms with E-state index in [2.05, 4.69) is 20.6 Å². The average molecular weight is 417 g/mol. The Hall–Kier alpha value is -3.14. The molecule has 0 saturated heterocycles. The van der Waals surface area contributed by atoms with Gasteiger partial charge in [0.15, 0.2) is 5.82 Å². The van der Waals surface area contributed by atoms with Crippen molar-refractivity contribution in [3.05, 3.63) is 70.4 Å². The average Bonchev–Trinajstić information content (AvgIpc) is 3.02. The number of H-pyrrole nitrogens is 1. The minimum Gasteiger partial charge on any atom is -0.336 e. The molecule has 0 aliphatic carbocycles. The number of aromatic amines is 1. The van der Waals surface area contributed by atoms with E-state index in [0.717, 1.165) is 6.07 Å². The quantitative estimate of drug-likeness (QED) is 0.502. The molecule has 0 saturated carbocycles. The van der Waals surface area contributed by atoms with E-state index in [0.29, 0.717) is 18.2 Å². The van der Waals surface area contributed by atoms with Gasteiger partial charge in [-0.2, -0.15) is 18.2 Å². The number of imidazole rings is 1. The van der Waals surface area contributed by atoms with Crippen LogP contribution in [0.1, 0.15) is 15.9 Å². The van der Waals surface area contributed by atoms with Gasteiger partial charge in [-0.15, -0.1) is 0 Å². The van der Waals surface area contributed by atoms with Crippen molar-refractivity contribution in [1.29, 1.82) is 0 Å². The zero-order valence-corrected chi connectivity index (χ0v) is 14.4. The van der Waals surface area contributed by atoms with E-state index in [1.807, 2.05) is 0 Å². The fourth-order valence-electron chi connectivity index (χ4n) is 2.27. The maximum absolute atomic E-state index is 13.8. The molecule has 3 N–H and O–H groups in total. The highest BCUT2D eigenvalue weighted by atomic mass is 35.5. The summed E-state index contributed by atoms with van der Waals surface area (Å²) in [5, 5.41) is 4.51. The summed E-state index contributed by atoms with van der Waals surface area (Å²) in [4.78, 5) is 18.5. The number of nitrogens with one attached hydrogen (secondary N) is 3. The molecule has 146 valence electrons. The lowest BCUT2D eigenvalue weighted by Gasteiger charge is -2.10. The minimum absolute atomic E-state index is 0.0758. The third-order valence-corrected chi connectivity index (χ3v) is 3.87. The van der Waals surface area contributed by atoms with E-state index in [-0.39, 0.29) is 16.8 Å². The van der Waals surface area contributed by atoms with E-state index in [9.17, 15) is 26.7 Å². The van der Waals surface area contributed by atoms with Gasteiger partial charge in [-0.25, -0.2) is 8.78 Å². The van der Waals surface area contributed by atoms with Gasteiger partial charge in [-0.05, 0) is 30.3 Å². The Kier molecular flexibility index (Phi) is 5.23. The van der Waals surface area contributed by atoms with Gasteiger partial charge in [-0.3, -0.25) is 10.1 Å². The molecular formula is C17H10ClF5N4O. The Labute approximate surface area is 159 Å². The molecule has 0 atom stereocenters. The van der Waals surface area contributed by atoms with Crippen LogP contribution in [0.5, 0.6) is 0 Å². The smallest absolute Gasteiger partial charge is 0.336 e. The molecule has 3 rings (SSSR count). The van der Waals surface area contributed by atoms with Crippen molar-refractivity contribution >= 4 is 35.0 Å². The molecule has 0 bridgehead atoms. The fourth-order valence-corrected chi connectivity index (χ4v) is 2.52. The number of anilines is 3. The molecule has 28 heavy (non-hydrogen) atoms. The van der Waals surface area contributed by atoms with Crippen molar-refractivity contribution in [3.8, 4) is 0 Å². The molecule has 2 aromatic carbocycles. The van der Waals surface area contributed by atoms with Gasteiger partial charge >= 0.3 is 6.18 Å². The Morgan fingerprint density at radius 1 is 1.11 bits per heavy atom. The van der Waals surface area contributed by atoms with Gasteiger partial charge in [0.2, 0.25) is 5.95 Å². The van der Waals surface area contributed by atoms with Crippen molar-refractivity contribution < 1.29 is 26.7 Å². The van der Waals surface area contributed by atoms with E-state index in [1.165, 1.54) is 18.3 Å². The number of hydrogen-bond acceptors (Lipinski definition) is 3. The standard InChI is InChI=1S/C17H10ClF5N4O/c18-9-2-1-3-11(20)14(9)15(28)27-16-24-7-13(26-16)25-12-6-8(17(21,22)23)4-5-10(12)19/h1-7,25H,(H2,24,26,27,28). The second kappa shape index (κ2) is 7.47. The number of carbonyl (C=O) groups excluding carboxylic acids is 1. The second-order valence-corrected chi connectivity index (χ2v) is 5.91. The third-order valence-electron chi connectivity index (χ3n) is 3.56. The molecular weight excluding hydrogens is 407 g/mol. The molecule has 3 aromatic rings. The topological polar surface area (TPSA) is 69.8 Å². The zero-order valence-electron chi connectivity index (χ0n) is 13.7. The van der Waals surface area contributed by atoms with Crippen molar-refractivity contribution in [2.45, 2.75) is 6.18 Å². The number of hydrogen-bond donors (Lipinski definition) is 3. The summed E-state index contributed by atoms with van der Waals surface area (Å²) < 4.78 is 65.8. The summed E-state index contributed by atoms with van der Waals surface area (Å²) in [6.07, 6.45) is -3.47. The van der Waals surface area contributed by atoms with Crippen LogP contribution < -0.4 is 10.6 Å². The monoisotopic (exact) mass is 416 g/mol. The van der Waals surface area contributed by atoms with Gasteiger partial charge < -0.3 is 10.3 Å². The predicted octanol–water partition coefficient (Wildman–Crippen LogP) is 5.36. The summed E-state index contributed by atoms with van der Waals surface area (Å²) in [6, 6.07) is 5.56. The molecule has 1 aromatic heterocycles. The summed E-state index contributed by atoms with van der Waals surface area (Å²) in [5.74, 6) is -2.90. The van der Waals surface area contributed by atoms with Gasteiger partial charge in [0.25, 0.3) is 5.91 Å². The van der Waals surface area contributed by atoms with Gasteiger partial charge in [0.05, 0.1) is 21.8 Å². The number of alkyl halides is 3. The first-order chi connectivity index (χ1) is 13.1. The van der Waals surface area contributed by atoms with E-state index >= 15 is 0 Å². The first-order valence-electron chi connectivity index (χ1n) is 7.59. The van der Waals surface area contributed by atoms with Crippen LogP contribution in [0.2, 0.25) is 5.02 Å². The number of carbonyl (C=O) groups is 1. The molecule has 0 spiro atoms. The number of amides is 1. The van der Waals surface area contributed by atoms with E-state index in [1.54, 1.807) is 0 Å². The van der Waals surface area contributed by atoms with E-state index < -0.39 is 40.5 Å².